The maximum atomic E-state index is 11.5. The highest BCUT2D eigenvalue weighted by Crippen LogP contribution is 2.26. The Hall–Kier alpha value is -0.570. The fraction of sp³-hybridized carbons (Fsp3) is 0.909. The van der Waals surface area contributed by atoms with E-state index < -0.39 is 0 Å². The van der Waals surface area contributed by atoms with Crippen molar-refractivity contribution in [3.63, 3.8) is 0 Å². The van der Waals surface area contributed by atoms with Crippen LogP contribution >= 0.6 is 0 Å². The van der Waals surface area contributed by atoms with Gasteiger partial charge in [-0.3, -0.25) is 9.69 Å². The molecule has 0 spiro atoms. The molecule has 3 unspecified atom stereocenters. The monoisotopic (exact) mass is 196 g/mol. The number of amides is 1. The number of likely N-dealkylation sites (tertiary alicyclic amines) is 1. The summed E-state index contributed by atoms with van der Waals surface area (Å²) in [6.45, 7) is 6.52. The molecule has 2 saturated heterocycles. The largest absolute Gasteiger partial charge is 0.340 e. The highest BCUT2D eigenvalue weighted by atomic mass is 16.2. The van der Waals surface area contributed by atoms with Crippen molar-refractivity contribution >= 4 is 5.91 Å². The molecule has 2 aliphatic rings. The van der Waals surface area contributed by atoms with E-state index in [0.29, 0.717) is 12.1 Å². The second-order valence-corrected chi connectivity index (χ2v) is 4.70. The SMILES string of the molecule is CC1C(=O)NC(N2CCCCC2)C1C. The smallest absolute Gasteiger partial charge is 0.224 e. The fourth-order valence-corrected chi connectivity index (χ4v) is 2.54. The third-order valence-electron chi connectivity index (χ3n) is 3.77. The molecule has 2 aliphatic heterocycles. The van der Waals surface area contributed by atoms with Gasteiger partial charge in [0.1, 0.15) is 0 Å². The summed E-state index contributed by atoms with van der Waals surface area (Å²) < 4.78 is 0. The van der Waals surface area contributed by atoms with Crippen LogP contribution in [0.3, 0.4) is 0 Å². The molecule has 2 rings (SSSR count). The average Bonchev–Trinajstić information content (AvgIpc) is 2.47. The summed E-state index contributed by atoms with van der Waals surface area (Å²) in [7, 11) is 0. The Bertz CT molecular complexity index is 223. The van der Waals surface area contributed by atoms with Gasteiger partial charge in [0.15, 0.2) is 0 Å². The van der Waals surface area contributed by atoms with E-state index in [1.54, 1.807) is 0 Å². The topological polar surface area (TPSA) is 32.3 Å². The zero-order chi connectivity index (χ0) is 10.1. The molecule has 14 heavy (non-hydrogen) atoms. The molecular weight excluding hydrogens is 176 g/mol. The first-order chi connectivity index (χ1) is 6.70. The molecule has 0 aromatic rings. The molecule has 1 N–H and O–H groups in total. The molecule has 3 heteroatoms. The van der Waals surface area contributed by atoms with Crippen LogP contribution in [0.5, 0.6) is 0 Å². The van der Waals surface area contributed by atoms with E-state index in [1.807, 2.05) is 6.92 Å². The summed E-state index contributed by atoms with van der Waals surface area (Å²) in [5, 5.41) is 3.11. The first-order valence-electron chi connectivity index (χ1n) is 5.74. The van der Waals surface area contributed by atoms with Crippen LogP contribution < -0.4 is 5.32 Å². The molecule has 0 aromatic carbocycles. The minimum absolute atomic E-state index is 0.182. The molecule has 2 fully saturated rings. The number of nitrogens with zero attached hydrogens (tertiary/aromatic N) is 1. The van der Waals surface area contributed by atoms with Gasteiger partial charge in [-0.2, -0.15) is 0 Å². The number of carbonyl (C=O) groups excluding carboxylic acids is 1. The van der Waals surface area contributed by atoms with Crippen molar-refractivity contribution in [1.29, 1.82) is 0 Å². The Morgan fingerprint density at radius 2 is 1.86 bits per heavy atom. The van der Waals surface area contributed by atoms with Crippen LogP contribution in [0.4, 0.5) is 0 Å². The number of carbonyl (C=O) groups is 1. The van der Waals surface area contributed by atoms with Crippen LogP contribution in [-0.4, -0.2) is 30.1 Å². The Balaban J connectivity index is 2.00. The number of rotatable bonds is 1. The maximum absolute atomic E-state index is 11.5. The van der Waals surface area contributed by atoms with Gasteiger partial charge in [-0.15, -0.1) is 0 Å². The van der Waals surface area contributed by atoms with Gasteiger partial charge in [0.05, 0.1) is 6.17 Å². The van der Waals surface area contributed by atoms with E-state index in [4.69, 9.17) is 0 Å². The van der Waals surface area contributed by atoms with Gasteiger partial charge >= 0.3 is 0 Å². The first kappa shape index (κ1) is 9.97. The van der Waals surface area contributed by atoms with Crippen molar-refractivity contribution in [2.45, 2.75) is 39.3 Å². The summed E-state index contributed by atoms with van der Waals surface area (Å²) in [6.07, 6.45) is 4.22. The Morgan fingerprint density at radius 1 is 1.21 bits per heavy atom. The first-order valence-corrected chi connectivity index (χ1v) is 5.74. The van der Waals surface area contributed by atoms with E-state index >= 15 is 0 Å². The lowest BCUT2D eigenvalue weighted by molar-refractivity contribution is -0.122. The van der Waals surface area contributed by atoms with Gasteiger partial charge in [-0.05, 0) is 12.8 Å². The molecule has 2 heterocycles. The predicted octanol–water partition coefficient (Wildman–Crippen LogP) is 1.20. The highest BCUT2D eigenvalue weighted by Gasteiger charge is 2.39. The van der Waals surface area contributed by atoms with E-state index in [-0.39, 0.29) is 11.8 Å². The lowest BCUT2D eigenvalue weighted by Gasteiger charge is -2.34. The quantitative estimate of drug-likeness (QED) is 0.683. The number of hydrogen-bond acceptors (Lipinski definition) is 2. The second kappa shape index (κ2) is 3.89. The van der Waals surface area contributed by atoms with Gasteiger partial charge < -0.3 is 5.32 Å². The number of nitrogens with one attached hydrogen (secondary N) is 1. The molecule has 0 saturated carbocycles. The van der Waals surface area contributed by atoms with E-state index in [2.05, 4.69) is 17.1 Å². The van der Waals surface area contributed by atoms with Gasteiger partial charge in [-0.1, -0.05) is 20.3 Å². The van der Waals surface area contributed by atoms with Gasteiger partial charge in [0, 0.05) is 24.9 Å². The summed E-state index contributed by atoms with van der Waals surface area (Å²) in [5.74, 6) is 0.871. The third-order valence-corrected chi connectivity index (χ3v) is 3.77. The normalized spacial score (nSPS) is 39.9. The Kier molecular flexibility index (Phi) is 2.77. The molecule has 3 nitrogen and oxygen atoms in total. The maximum Gasteiger partial charge on any atom is 0.224 e. The summed E-state index contributed by atoms with van der Waals surface area (Å²) in [4.78, 5) is 13.9. The molecule has 0 bridgehead atoms. The highest BCUT2D eigenvalue weighted by molar-refractivity contribution is 5.81. The fourth-order valence-electron chi connectivity index (χ4n) is 2.54. The van der Waals surface area contributed by atoms with E-state index in [0.717, 1.165) is 13.1 Å². The molecule has 80 valence electrons. The zero-order valence-electron chi connectivity index (χ0n) is 9.12. The van der Waals surface area contributed by atoms with Gasteiger partial charge in [0.2, 0.25) is 5.91 Å². The average molecular weight is 196 g/mol. The van der Waals surface area contributed by atoms with Crippen LogP contribution in [0, 0.1) is 11.8 Å². The van der Waals surface area contributed by atoms with E-state index in [9.17, 15) is 4.79 Å². The number of hydrogen-bond donors (Lipinski definition) is 1. The van der Waals surface area contributed by atoms with E-state index in [1.165, 1.54) is 19.3 Å². The van der Waals surface area contributed by atoms with Gasteiger partial charge in [-0.25, -0.2) is 0 Å². The minimum Gasteiger partial charge on any atom is -0.340 e. The van der Waals surface area contributed by atoms with Crippen molar-refractivity contribution in [2.24, 2.45) is 11.8 Å². The second-order valence-electron chi connectivity index (χ2n) is 4.70. The number of piperidine rings is 1. The standard InChI is InChI=1S/C11H20N2O/c1-8-9(2)11(14)12-10(8)13-6-4-3-5-7-13/h8-10H,3-7H2,1-2H3,(H,12,14). The van der Waals surface area contributed by atoms with Crippen molar-refractivity contribution < 1.29 is 4.79 Å². The lowest BCUT2D eigenvalue weighted by Crippen LogP contribution is -2.48. The molecule has 0 aliphatic carbocycles. The molecular formula is C11H20N2O. The Morgan fingerprint density at radius 3 is 2.36 bits per heavy atom. The van der Waals surface area contributed by atoms with Crippen LogP contribution in [0.2, 0.25) is 0 Å². The van der Waals surface area contributed by atoms with Crippen molar-refractivity contribution in [3.05, 3.63) is 0 Å². The summed E-state index contributed by atoms with van der Waals surface area (Å²) >= 11 is 0. The molecule has 0 aromatic heterocycles. The Labute approximate surface area is 85.8 Å². The van der Waals surface area contributed by atoms with Crippen molar-refractivity contribution in [1.82, 2.24) is 10.2 Å². The van der Waals surface area contributed by atoms with Gasteiger partial charge in [0.25, 0.3) is 0 Å². The minimum atomic E-state index is 0.182. The summed E-state index contributed by atoms with van der Waals surface area (Å²) in [5.41, 5.74) is 0. The zero-order valence-corrected chi connectivity index (χ0v) is 9.12. The van der Waals surface area contributed by atoms with Crippen molar-refractivity contribution in [2.75, 3.05) is 13.1 Å². The molecule has 1 amide bonds. The lowest BCUT2D eigenvalue weighted by atomic mass is 9.96. The summed E-state index contributed by atoms with van der Waals surface area (Å²) in [6, 6.07) is 0. The van der Waals surface area contributed by atoms with Crippen molar-refractivity contribution in [3.8, 4) is 0 Å². The van der Waals surface area contributed by atoms with Crippen LogP contribution in [0.1, 0.15) is 33.1 Å². The van der Waals surface area contributed by atoms with Crippen LogP contribution in [0.15, 0.2) is 0 Å². The predicted molar refractivity (Wildman–Crippen MR) is 55.7 cm³/mol. The van der Waals surface area contributed by atoms with Crippen LogP contribution in [0.25, 0.3) is 0 Å². The molecule has 0 radical (unpaired) electrons. The van der Waals surface area contributed by atoms with Crippen LogP contribution in [-0.2, 0) is 4.79 Å². The molecule has 3 atom stereocenters. The third kappa shape index (κ3) is 1.65.